The van der Waals surface area contributed by atoms with Crippen molar-refractivity contribution in [1.29, 1.82) is 0 Å². The Balaban J connectivity index is 2.20. The molecule has 0 spiro atoms. The van der Waals surface area contributed by atoms with Crippen molar-refractivity contribution in [2.24, 2.45) is 5.92 Å². The van der Waals surface area contributed by atoms with Crippen molar-refractivity contribution in [3.05, 3.63) is 40.6 Å². The average molecular weight is 355 g/mol. The van der Waals surface area contributed by atoms with Crippen molar-refractivity contribution >= 4 is 21.6 Å². The third kappa shape index (κ3) is 4.32. The van der Waals surface area contributed by atoms with E-state index in [-0.39, 0.29) is 17.5 Å². The molecule has 0 saturated carbocycles. The summed E-state index contributed by atoms with van der Waals surface area (Å²) in [7, 11) is 0. The molecule has 21 heavy (non-hydrogen) atoms. The summed E-state index contributed by atoms with van der Waals surface area (Å²) in [5.74, 6) is 0.466. The molecule has 2 N–H and O–H groups in total. The number of pyridine rings is 1. The van der Waals surface area contributed by atoms with Gasteiger partial charge in [0.15, 0.2) is 11.6 Å². The highest BCUT2D eigenvalue weighted by atomic mass is 79.9. The van der Waals surface area contributed by atoms with Crippen LogP contribution in [-0.4, -0.2) is 11.6 Å². The molecule has 0 radical (unpaired) electrons. The van der Waals surface area contributed by atoms with Crippen LogP contribution in [0, 0.1) is 11.7 Å². The molecule has 0 amide bonds. The number of nitrogens with two attached hydrogens (primary N) is 1. The highest BCUT2D eigenvalue weighted by Crippen LogP contribution is 2.29. The number of nitrogens with zero attached hydrogens (tertiary/aromatic N) is 1. The van der Waals surface area contributed by atoms with E-state index in [4.69, 9.17) is 15.2 Å². The third-order valence-electron chi connectivity index (χ3n) is 2.53. The van der Waals surface area contributed by atoms with Crippen LogP contribution in [0.1, 0.15) is 13.8 Å². The van der Waals surface area contributed by atoms with Gasteiger partial charge in [-0.05, 0) is 30.2 Å². The maximum absolute atomic E-state index is 13.7. The highest BCUT2D eigenvalue weighted by Gasteiger charge is 2.10. The maximum atomic E-state index is 13.7. The fraction of sp³-hybridized carbons (Fsp3) is 0.267. The lowest BCUT2D eigenvalue weighted by Gasteiger charge is -2.12. The number of hydrogen-bond acceptors (Lipinski definition) is 4. The number of anilines is 1. The van der Waals surface area contributed by atoms with Crippen molar-refractivity contribution in [2.45, 2.75) is 13.8 Å². The molecule has 6 heteroatoms. The summed E-state index contributed by atoms with van der Waals surface area (Å²) < 4.78 is 25.3. The molecule has 2 rings (SSSR count). The van der Waals surface area contributed by atoms with Gasteiger partial charge >= 0.3 is 0 Å². The molecule has 2 aromatic rings. The summed E-state index contributed by atoms with van der Waals surface area (Å²) in [6, 6.07) is 7.62. The summed E-state index contributed by atoms with van der Waals surface area (Å²) in [4.78, 5) is 4.16. The molecule has 0 saturated heterocycles. The SMILES string of the molecule is CC(C)COc1nc(Oc2cc(Br)ccc2F)ccc1N. The van der Waals surface area contributed by atoms with Crippen LogP contribution in [-0.2, 0) is 0 Å². The van der Waals surface area contributed by atoms with E-state index in [0.717, 1.165) is 0 Å². The van der Waals surface area contributed by atoms with E-state index in [2.05, 4.69) is 20.9 Å². The average Bonchev–Trinajstić information content (AvgIpc) is 2.43. The Morgan fingerprint density at radius 3 is 2.76 bits per heavy atom. The minimum atomic E-state index is -0.471. The van der Waals surface area contributed by atoms with Crippen molar-refractivity contribution in [3.63, 3.8) is 0 Å². The zero-order valence-electron chi connectivity index (χ0n) is 11.8. The van der Waals surface area contributed by atoms with Crippen LogP contribution < -0.4 is 15.2 Å². The van der Waals surface area contributed by atoms with E-state index in [0.29, 0.717) is 22.7 Å². The van der Waals surface area contributed by atoms with E-state index in [1.54, 1.807) is 18.2 Å². The van der Waals surface area contributed by atoms with Gasteiger partial charge in [-0.15, -0.1) is 0 Å². The van der Waals surface area contributed by atoms with Gasteiger partial charge in [0.05, 0.1) is 12.3 Å². The molecule has 0 unspecified atom stereocenters. The molecular weight excluding hydrogens is 339 g/mol. The first-order valence-corrected chi connectivity index (χ1v) is 7.27. The van der Waals surface area contributed by atoms with E-state index in [1.807, 2.05) is 13.8 Å². The van der Waals surface area contributed by atoms with E-state index in [1.165, 1.54) is 12.1 Å². The van der Waals surface area contributed by atoms with Gasteiger partial charge in [0, 0.05) is 10.5 Å². The van der Waals surface area contributed by atoms with Gasteiger partial charge in [0.25, 0.3) is 0 Å². The van der Waals surface area contributed by atoms with Crippen LogP contribution in [0.4, 0.5) is 10.1 Å². The number of hydrogen-bond donors (Lipinski definition) is 1. The highest BCUT2D eigenvalue weighted by molar-refractivity contribution is 9.10. The number of aromatic nitrogens is 1. The van der Waals surface area contributed by atoms with Crippen molar-refractivity contribution in [2.75, 3.05) is 12.3 Å². The van der Waals surface area contributed by atoms with Crippen LogP contribution in [0.5, 0.6) is 17.5 Å². The Labute approximate surface area is 131 Å². The van der Waals surface area contributed by atoms with Gasteiger partial charge in [-0.3, -0.25) is 0 Å². The van der Waals surface area contributed by atoms with Crippen LogP contribution in [0.3, 0.4) is 0 Å². The number of benzene rings is 1. The van der Waals surface area contributed by atoms with Crippen LogP contribution in [0.15, 0.2) is 34.8 Å². The van der Waals surface area contributed by atoms with Crippen LogP contribution in [0.25, 0.3) is 0 Å². The fourth-order valence-corrected chi connectivity index (χ4v) is 1.86. The van der Waals surface area contributed by atoms with Gasteiger partial charge in [0.2, 0.25) is 11.8 Å². The van der Waals surface area contributed by atoms with Crippen molar-refractivity contribution in [1.82, 2.24) is 4.98 Å². The lowest BCUT2D eigenvalue weighted by atomic mass is 10.2. The Bertz CT molecular complexity index is 635. The monoisotopic (exact) mass is 354 g/mol. The standard InChI is InChI=1S/C15H16BrFN2O2/c1-9(2)8-20-15-12(18)5-6-14(19-15)21-13-7-10(16)3-4-11(13)17/h3-7,9H,8,18H2,1-2H3. The second-order valence-corrected chi connectivity index (χ2v) is 5.84. The minimum Gasteiger partial charge on any atom is -0.476 e. The lowest BCUT2D eigenvalue weighted by Crippen LogP contribution is -2.07. The lowest BCUT2D eigenvalue weighted by molar-refractivity contribution is 0.260. The zero-order chi connectivity index (χ0) is 15.4. The molecule has 0 bridgehead atoms. The number of nitrogen functional groups attached to an aromatic ring is 1. The van der Waals surface area contributed by atoms with E-state index < -0.39 is 5.82 Å². The van der Waals surface area contributed by atoms with Gasteiger partial charge in [-0.25, -0.2) is 4.39 Å². The summed E-state index contributed by atoms with van der Waals surface area (Å²) >= 11 is 3.26. The van der Waals surface area contributed by atoms with Gasteiger partial charge in [-0.1, -0.05) is 29.8 Å². The molecule has 1 aromatic heterocycles. The summed E-state index contributed by atoms with van der Waals surface area (Å²) in [5, 5.41) is 0. The third-order valence-corrected chi connectivity index (χ3v) is 3.02. The number of halogens is 2. The summed E-state index contributed by atoms with van der Waals surface area (Å²) in [5.41, 5.74) is 6.21. The van der Waals surface area contributed by atoms with Gasteiger partial charge in [0.1, 0.15) is 0 Å². The van der Waals surface area contributed by atoms with Gasteiger partial charge < -0.3 is 15.2 Å². The minimum absolute atomic E-state index is 0.0801. The number of rotatable bonds is 5. The normalized spacial score (nSPS) is 10.7. The maximum Gasteiger partial charge on any atom is 0.240 e. The molecule has 1 aromatic carbocycles. The summed E-state index contributed by atoms with van der Waals surface area (Å²) in [6.45, 7) is 4.53. The van der Waals surface area contributed by atoms with E-state index in [9.17, 15) is 4.39 Å². The molecule has 1 heterocycles. The largest absolute Gasteiger partial charge is 0.476 e. The first-order chi connectivity index (χ1) is 9.95. The van der Waals surface area contributed by atoms with Crippen LogP contribution >= 0.6 is 15.9 Å². The molecule has 112 valence electrons. The van der Waals surface area contributed by atoms with E-state index >= 15 is 0 Å². The molecule has 0 aliphatic carbocycles. The zero-order valence-corrected chi connectivity index (χ0v) is 13.4. The topological polar surface area (TPSA) is 57.4 Å². The molecule has 0 aliphatic rings. The van der Waals surface area contributed by atoms with Crippen molar-refractivity contribution in [3.8, 4) is 17.5 Å². The fourth-order valence-electron chi connectivity index (χ4n) is 1.52. The molecular formula is C15H16BrFN2O2. The van der Waals surface area contributed by atoms with Crippen molar-refractivity contribution < 1.29 is 13.9 Å². The first kappa shape index (κ1) is 15.6. The Morgan fingerprint density at radius 2 is 2.05 bits per heavy atom. The quantitative estimate of drug-likeness (QED) is 0.864. The Hall–Kier alpha value is -1.82. The Kier molecular flexibility index (Phi) is 5.01. The first-order valence-electron chi connectivity index (χ1n) is 6.48. The molecule has 4 nitrogen and oxygen atoms in total. The number of ether oxygens (including phenoxy) is 2. The second kappa shape index (κ2) is 6.76. The second-order valence-electron chi connectivity index (χ2n) is 4.93. The van der Waals surface area contributed by atoms with Crippen LogP contribution in [0.2, 0.25) is 0 Å². The van der Waals surface area contributed by atoms with Gasteiger partial charge in [-0.2, -0.15) is 4.98 Å². The Morgan fingerprint density at radius 1 is 1.29 bits per heavy atom. The molecule has 0 aliphatic heterocycles. The summed E-state index contributed by atoms with van der Waals surface area (Å²) in [6.07, 6.45) is 0. The molecule has 0 atom stereocenters. The molecule has 0 fully saturated rings. The predicted octanol–water partition coefficient (Wildman–Crippen LogP) is 4.39. The smallest absolute Gasteiger partial charge is 0.240 e. The predicted molar refractivity (Wildman–Crippen MR) is 83.2 cm³/mol.